The molecule has 0 radical (unpaired) electrons. The Labute approximate surface area is 184 Å². The first-order valence-corrected chi connectivity index (χ1v) is 8.01. The predicted molar refractivity (Wildman–Crippen MR) is 74.8 cm³/mol. The van der Waals surface area contributed by atoms with E-state index in [2.05, 4.69) is 9.72 Å². The van der Waals surface area contributed by atoms with Crippen LogP contribution in [0.3, 0.4) is 0 Å². The second-order valence-electron chi connectivity index (χ2n) is 6.40. The van der Waals surface area contributed by atoms with Gasteiger partial charge in [-0.3, -0.25) is 4.98 Å². The summed E-state index contributed by atoms with van der Waals surface area (Å²) in [6, 6.07) is -2.32. The van der Waals surface area contributed by atoms with Gasteiger partial charge in [-0.2, -0.15) is 83.4 Å². The Morgan fingerprint density at radius 2 is 0.972 bits per heavy atom. The second-order valence-corrected chi connectivity index (χ2v) is 6.40. The van der Waals surface area contributed by atoms with Crippen molar-refractivity contribution in [2.24, 2.45) is 0 Å². The van der Waals surface area contributed by atoms with Crippen LogP contribution >= 0.6 is 0 Å². The molecule has 0 aliphatic rings. The number of aromatic nitrogens is 1. The van der Waals surface area contributed by atoms with Gasteiger partial charge in [-0.15, -0.1) is 0 Å². The quantitative estimate of drug-likeness (QED) is 0.224. The zero-order valence-electron chi connectivity index (χ0n) is 15.8. The molecule has 0 spiro atoms. The summed E-state index contributed by atoms with van der Waals surface area (Å²) in [7, 11) is 0. The third-order valence-corrected chi connectivity index (χ3v) is 4.01. The molecule has 36 heavy (non-hydrogen) atoms. The van der Waals surface area contributed by atoms with Gasteiger partial charge in [-0.05, 0) is 12.1 Å². The number of nitrogens with zero attached hydrogens (tertiary/aromatic N) is 1. The Morgan fingerprint density at radius 3 is 1.33 bits per heavy atom. The molecular formula is C15H4F19NO. The number of hydrogen-bond donors (Lipinski definition) is 0. The molecule has 0 bridgehead atoms. The largest absolute Gasteiger partial charge is 0.460 e. The predicted octanol–water partition coefficient (Wildman–Crippen LogP) is 7.58. The van der Waals surface area contributed by atoms with E-state index in [1.807, 2.05) is 0 Å². The Bertz CT molecular complexity index is 965. The van der Waals surface area contributed by atoms with Gasteiger partial charge in [0.05, 0.1) is 6.20 Å². The normalized spacial score (nSPS) is 16.1. The molecule has 1 aromatic heterocycles. The first-order valence-electron chi connectivity index (χ1n) is 8.01. The topological polar surface area (TPSA) is 22.1 Å². The third kappa shape index (κ3) is 4.26. The first kappa shape index (κ1) is 31.4. The summed E-state index contributed by atoms with van der Waals surface area (Å²) in [6.45, 7) is 0. The molecule has 0 aliphatic heterocycles. The Morgan fingerprint density at radius 1 is 0.583 bits per heavy atom. The average Bonchev–Trinajstić information content (AvgIpc) is 2.72. The summed E-state index contributed by atoms with van der Waals surface area (Å²) in [6.07, 6.45) is -6.72. The maximum atomic E-state index is 13.6. The van der Waals surface area contributed by atoms with Gasteiger partial charge in [-0.1, -0.05) is 0 Å². The number of halogens is 19. The molecule has 0 amide bonds. The average molecular weight is 575 g/mol. The summed E-state index contributed by atoms with van der Waals surface area (Å²) in [4.78, 5) is 3.08. The monoisotopic (exact) mass is 575 g/mol. The maximum absolute atomic E-state index is 13.6. The number of rotatable bonds is 9. The molecule has 208 valence electrons. The van der Waals surface area contributed by atoms with Crippen molar-refractivity contribution in [3.05, 3.63) is 36.4 Å². The van der Waals surface area contributed by atoms with Crippen LogP contribution in [0.2, 0.25) is 0 Å². The Balaban J connectivity index is 3.65. The van der Waals surface area contributed by atoms with Crippen molar-refractivity contribution >= 4 is 0 Å². The molecule has 1 aromatic rings. The van der Waals surface area contributed by atoms with E-state index in [0.29, 0.717) is 12.3 Å². The van der Waals surface area contributed by atoms with Gasteiger partial charge in [-0.25, -0.2) is 0 Å². The van der Waals surface area contributed by atoms with Crippen LogP contribution < -0.4 is 4.74 Å². The highest BCUT2D eigenvalue weighted by Crippen LogP contribution is 2.64. The fraction of sp³-hybridized carbons (Fsp3) is 0.533. The molecule has 21 heteroatoms. The number of alkyl halides is 17. The number of pyridine rings is 1. The fourth-order valence-electron chi connectivity index (χ4n) is 1.98. The highest BCUT2D eigenvalue weighted by atomic mass is 19.4. The van der Waals surface area contributed by atoms with Crippen LogP contribution in [-0.2, 0) is 0 Å². The summed E-state index contributed by atoms with van der Waals surface area (Å²) >= 11 is 0. The van der Waals surface area contributed by atoms with E-state index in [-0.39, 0.29) is 0 Å². The molecular weight excluding hydrogens is 571 g/mol. The number of allylic oxidation sites excluding steroid dienone is 1. The zero-order valence-corrected chi connectivity index (χ0v) is 15.8. The van der Waals surface area contributed by atoms with Crippen molar-refractivity contribution in [3.63, 3.8) is 0 Å². The minimum atomic E-state index is -8.91. The van der Waals surface area contributed by atoms with E-state index in [1.165, 1.54) is 0 Å². The van der Waals surface area contributed by atoms with Crippen molar-refractivity contribution < 1.29 is 88.2 Å². The van der Waals surface area contributed by atoms with Gasteiger partial charge in [0, 0.05) is 6.20 Å². The lowest BCUT2D eigenvalue weighted by Crippen LogP contribution is -2.74. The van der Waals surface area contributed by atoms with Crippen molar-refractivity contribution in [2.75, 3.05) is 0 Å². The Kier molecular flexibility index (Phi) is 7.62. The van der Waals surface area contributed by atoms with E-state index in [1.54, 1.807) is 0 Å². The molecule has 0 aromatic carbocycles. The lowest BCUT2D eigenvalue weighted by atomic mass is 9.88. The molecule has 2 nitrogen and oxygen atoms in total. The van der Waals surface area contributed by atoms with Crippen molar-refractivity contribution in [1.29, 1.82) is 0 Å². The van der Waals surface area contributed by atoms with Crippen LogP contribution in [0.4, 0.5) is 83.4 Å². The molecule has 0 fully saturated rings. The van der Waals surface area contributed by atoms with Crippen LogP contribution in [0.15, 0.2) is 36.4 Å². The molecule has 0 atom stereocenters. The van der Waals surface area contributed by atoms with E-state index in [4.69, 9.17) is 0 Å². The molecule has 0 aliphatic carbocycles. The van der Waals surface area contributed by atoms with Gasteiger partial charge in [0.1, 0.15) is 5.75 Å². The van der Waals surface area contributed by atoms with Gasteiger partial charge < -0.3 is 4.74 Å². The lowest BCUT2D eigenvalue weighted by molar-refractivity contribution is -0.460. The Hall–Kier alpha value is -2.64. The molecule has 1 rings (SSSR count). The summed E-state index contributed by atoms with van der Waals surface area (Å²) in [5.41, 5.74) is 0. The third-order valence-electron chi connectivity index (χ3n) is 4.01. The first-order chi connectivity index (χ1) is 15.7. The molecule has 0 unspecified atom stereocenters. The van der Waals surface area contributed by atoms with Crippen LogP contribution in [-0.4, -0.2) is 52.6 Å². The second kappa shape index (κ2) is 8.73. The van der Waals surface area contributed by atoms with E-state index < -0.39 is 65.2 Å². The maximum Gasteiger partial charge on any atom is 0.460 e. The smallest absolute Gasteiger partial charge is 0.428 e. The van der Waals surface area contributed by atoms with Gasteiger partial charge in [0.2, 0.25) is 5.83 Å². The highest BCUT2D eigenvalue weighted by molar-refractivity contribution is 5.23. The molecule has 0 N–H and O–H groups in total. The van der Waals surface area contributed by atoms with E-state index in [9.17, 15) is 83.4 Å². The zero-order chi connectivity index (χ0) is 29.0. The van der Waals surface area contributed by atoms with Crippen LogP contribution in [0, 0.1) is 0 Å². The van der Waals surface area contributed by atoms with Crippen LogP contribution in [0.25, 0.3) is 0 Å². The molecule has 0 saturated carbocycles. The van der Waals surface area contributed by atoms with Crippen LogP contribution in [0.1, 0.15) is 0 Å². The lowest BCUT2D eigenvalue weighted by Gasteiger charge is -2.42. The van der Waals surface area contributed by atoms with Crippen molar-refractivity contribution in [1.82, 2.24) is 4.98 Å². The minimum absolute atomic E-state index is 0.329. The van der Waals surface area contributed by atoms with Crippen molar-refractivity contribution in [2.45, 2.75) is 47.6 Å². The van der Waals surface area contributed by atoms with E-state index in [0.717, 1.165) is 12.3 Å². The molecule has 1 heterocycles. The number of ether oxygens (including phenoxy) is 1. The summed E-state index contributed by atoms with van der Waals surface area (Å²) in [5.74, 6) is -65.4. The number of hydrogen-bond acceptors (Lipinski definition) is 2. The summed E-state index contributed by atoms with van der Waals surface area (Å²) in [5, 5.41) is 0. The SMILES string of the molecule is FC(Oc1cccnc1)=C(F)C(F)(F)C(F)(F)C(F)(F)C(F)(F)C(F)(F)C(F)(F)C(F)(F)C(F)(F)F. The van der Waals surface area contributed by atoms with Crippen LogP contribution in [0.5, 0.6) is 5.75 Å². The minimum Gasteiger partial charge on any atom is -0.428 e. The fourth-order valence-corrected chi connectivity index (χ4v) is 1.98. The molecule has 0 saturated heterocycles. The standard InChI is InChI=1S/C15H4F19NO/c16-6(7(17)36-5-2-1-3-35-4-5)8(18,19)9(20,21)10(22,23)11(24,25)12(26,27)13(28,29)14(30,31)15(32,33)34/h1-4H. The van der Waals surface area contributed by atoms with Crippen molar-refractivity contribution in [3.8, 4) is 5.75 Å². The highest BCUT2D eigenvalue weighted by Gasteiger charge is 2.95. The van der Waals surface area contributed by atoms with E-state index >= 15 is 0 Å². The van der Waals surface area contributed by atoms with Gasteiger partial charge in [0.25, 0.3) is 0 Å². The van der Waals surface area contributed by atoms with Gasteiger partial charge in [0.15, 0.2) is 0 Å². The van der Waals surface area contributed by atoms with Gasteiger partial charge >= 0.3 is 53.6 Å². The summed E-state index contributed by atoms with van der Waals surface area (Å²) < 4.78 is 253.